The maximum Gasteiger partial charge on any atom is 0.334 e. The molecule has 0 aromatic heterocycles. The zero-order chi connectivity index (χ0) is 47.2. The number of benzene rings is 1. The quantitative estimate of drug-likeness (QED) is 0.229. The van der Waals surface area contributed by atoms with Crippen molar-refractivity contribution in [1.29, 1.82) is 5.26 Å². The largest absolute Gasteiger partial charge is 0.456 e. The first kappa shape index (κ1) is 52.6. The molecule has 0 aliphatic carbocycles. The molecule has 1 heterocycles. The molecule has 4 N–H and O–H groups in total. The highest BCUT2D eigenvalue weighted by atomic mass is 16.6. The van der Waals surface area contributed by atoms with Crippen LogP contribution >= 0.6 is 0 Å². The van der Waals surface area contributed by atoms with Crippen LogP contribution in [0.4, 0.5) is 0 Å². The van der Waals surface area contributed by atoms with Crippen LogP contribution in [0.2, 0.25) is 0 Å². The van der Waals surface area contributed by atoms with E-state index in [1.165, 1.54) is 52.8 Å². The fourth-order valence-corrected chi connectivity index (χ4v) is 6.76. The minimum Gasteiger partial charge on any atom is -0.456 e. The van der Waals surface area contributed by atoms with Gasteiger partial charge in [-0.05, 0) is 89.5 Å². The minimum atomic E-state index is -1.60. The van der Waals surface area contributed by atoms with Crippen LogP contribution in [0, 0.1) is 29.1 Å². The Bertz CT molecular complexity index is 1880. The number of aliphatic hydroxyl groups excluding tert-OH is 1. The molecule has 2 rings (SSSR count). The molecule has 62 heavy (non-hydrogen) atoms. The number of allylic oxidation sites excluding steroid dienone is 1. The van der Waals surface area contributed by atoms with Crippen molar-refractivity contribution < 1.29 is 48.1 Å². The van der Waals surface area contributed by atoms with Crippen molar-refractivity contribution in [3.05, 3.63) is 58.7 Å². The van der Waals surface area contributed by atoms with Gasteiger partial charge in [-0.25, -0.2) is 9.59 Å². The Kier molecular flexibility index (Phi) is 20.0. The molecule has 0 bridgehead atoms. The average Bonchev–Trinajstić information content (AvgIpc) is 3.22. The second-order valence-corrected chi connectivity index (χ2v) is 17.4. The molecule has 16 heteroatoms. The minimum absolute atomic E-state index is 0.0242. The smallest absolute Gasteiger partial charge is 0.334 e. The maximum absolute atomic E-state index is 14.2. The molecule has 5 amide bonds. The average molecular weight is 865 g/mol. The topological polar surface area (TPSA) is 225 Å². The molecule has 1 aliphatic heterocycles. The number of amides is 5. The Labute approximate surface area is 366 Å². The number of cyclic esters (lactones) is 2. The van der Waals surface area contributed by atoms with Gasteiger partial charge in [-0.15, -0.1) is 0 Å². The normalized spacial score (nSPS) is 27.5. The molecule has 1 aromatic rings. The number of likely N-dealkylation sites (N-methyl/N-ethyl adjacent to an activating group) is 2. The van der Waals surface area contributed by atoms with Crippen LogP contribution < -0.4 is 16.0 Å². The molecular weight excluding hydrogens is 797 g/mol. The van der Waals surface area contributed by atoms with Crippen LogP contribution in [0.1, 0.15) is 107 Å². The summed E-state index contributed by atoms with van der Waals surface area (Å²) in [5.41, 5.74) is 0.127. The molecule has 0 radical (unpaired) electrons. The van der Waals surface area contributed by atoms with Crippen LogP contribution in [0.15, 0.2) is 47.6 Å². The maximum atomic E-state index is 14.2. The standard InChI is InChI=1S/C46H68N6O10/c1-14-27(5)38-41(56)50-46(10,11)45(60)62-39(28(6)15-2)30(8)35(53)21-16-29(7)44(59)61-36(22-26(3)4)40(55)48-31(9)42(57)52(13)34(43(58)51(12)25-37(54)49-38)23-32-17-19-33(24-47)20-18-32/h15-20,26-27,30-31,34-36,38-39,53H,14,21-23,25H2,1-13H3,(H,48,55)(H,49,54)(H,50,56)/b28-15+,29-16+/t27?,30-,31-,34+,35-,36+,38?,39+/m0/s1. The van der Waals surface area contributed by atoms with E-state index in [1.54, 1.807) is 58.0 Å². The van der Waals surface area contributed by atoms with Crippen LogP contribution in [0.25, 0.3) is 0 Å². The lowest BCUT2D eigenvalue weighted by atomic mass is 9.90. The number of nitriles is 1. The SMILES string of the molecule is C/C=C(\C)[C@H]1OC(=O)C(C)(C)NC(=O)C(C(C)CC)NC(=O)CN(C)C(=O)[C@@H](Cc2ccc(C#N)cc2)N(C)C(=O)[C@H](C)NC(=O)[C@@H](CC(C)C)OC(=O)/C(C)=C/C[C@H](O)[C@@H]1C. The van der Waals surface area contributed by atoms with E-state index >= 15 is 0 Å². The number of esters is 2. The molecule has 1 aliphatic rings. The first-order valence-corrected chi connectivity index (χ1v) is 21.2. The van der Waals surface area contributed by atoms with Crippen molar-refractivity contribution in [1.82, 2.24) is 25.8 Å². The Morgan fingerprint density at radius 1 is 0.984 bits per heavy atom. The van der Waals surface area contributed by atoms with E-state index in [-0.39, 0.29) is 30.8 Å². The lowest BCUT2D eigenvalue weighted by Gasteiger charge is -2.34. The van der Waals surface area contributed by atoms with Gasteiger partial charge in [0, 0.05) is 32.0 Å². The fourth-order valence-electron chi connectivity index (χ4n) is 6.76. The molecule has 16 nitrogen and oxygen atoms in total. The zero-order valence-corrected chi connectivity index (χ0v) is 38.7. The lowest BCUT2D eigenvalue weighted by Crippen LogP contribution is -2.60. The highest BCUT2D eigenvalue weighted by molar-refractivity contribution is 5.96. The molecule has 0 saturated heterocycles. The fraction of sp³-hybridized carbons (Fsp3) is 0.609. The highest BCUT2D eigenvalue weighted by Crippen LogP contribution is 2.25. The summed E-state index contributed by atoms with van der Waals surface area (Å²) in [7, 11) is 2.78. The summed E-state index contributed by atoms with van der Waals surface area (Å²) in [6.07, 6.45) is 0.394. The summed E-state index contributed by atoms with van der Waals surface area (Å²) < 4.78 is 11.6. The second kappa shape index (κ2) is 23.6. The highest BCUT2D eigenvalue weighted by Gasteiger charge is 2.40. The van der Waals surface area contributed by atoms with E-state index in [9.17, 15) is 43.9 Å². The molecule has 0 fully saturated rings. The van der Waals surface area contributed by atoms with Crippen molar-refractivity contribution in [2.24, 2.45) is 17.8 Å². The van der Waals surface area contributed by atoms with Crippen molar-refractivity contribution in [2.45, 2.75) is 144 Å². The van der Waals surface area contributed by atoms with E-state index in [4.69, 9.17) is 9.47 Å². The molecule has 0 saturated carbocycles. The second-order valence-electron chi connectivity index (χ2n) is 17.4. The van der Waals surface area contributed by atoms with Crippen molar-refractivity contribution in [3.8, 4) is 6.07 Å². The number of aliphatic hydroxyl groups is 1. The van der Waals surface area contributed by atoms with Gasteiger partial charge in [0.15, 0.2) is 6.10 Å². The number of hydrogen-bond acceptors (Lipinski definition) is 11. The van der Waals surface area contributed by atoms with E-state index in [2.05, 4.69) is 16.0 Å². The van der Waals surface area contributed by atoms with E-state index < -0.39 is 102 Å². The van der Waals surface area contributed by atoms with Gasteiger partial charge < -0.3 is 40.3 Å². The molecule has 8 atom stereocenters. The number of hydrogen-bond donors (Lipinski definition) is 4. The van der Waals surface area contributed by atoms with Gasteiger partial charge in [0.1, 0.15) is 29.8 Å². The van der Waals surface area contributed by atoms with Crippen LogP contribution in [-0.2, 0) is 49.5 Å². The Balaban J connectivity index is 2.68. The number of nitrogens with one attached hydrogen (secondary N) is 3. The van der Waals surface area contributed by atoms with Gasteiger partial charge in [-0.1, -0.05) is 65.3 Å². The van der Waals surface area contributed by atoms with Gasteiger partial charge in [-0.2, -0.15) is 5.26 Å². The number of rotatable bonds is 7. The third-order valence-electron chi connectivity index (χ3n) is 11.3. The predicted octanol–water partition coefficient (Wildman–Crippen LogP) is 3.50. The van der Waals surface area contributed by atoms with Gasteiger partial charge in [0.05, 0.1) is 24.3 Å². The van der Waals surface area contributed by atoms with Gasteiger partial charge in [-0.3, -0.25) is 24.0 Å². The Morgan fingerprint density at radius 2 is 1.60 bits per heavy atom. The number of carbonyl (C=O) groups is 7. The molecular formula is C46H68N6O10. The van der Waals surface area contributed by atoms with E-state index in [1.807, 2.05) is 26.8 Å². The van der Waals surface area contributed by atoms with Crippen LogP contribution in [0.3, 0.4) is 0 Å². The predicted molar refractivity (Wildman–Crippen MR) is 232 cm³/mol. The molecule has 1 aromatic carbocycles. The summed E-state index contributed by atoms with van der Waals surface area (Å²) in [5, 5.41) is 28.7. The van der Waals surface area contributed by atoms with Crippen LogP contribution in [-0.4, -0.2) is 119 Å². The first-order valence-electron chi connectivity index (χ1n) is 21.2. The zero-order valence-electron chi connectivity index (χ0n) is 38.7. The van der Waals surface area contributed by atoms with Gasteiger partial charge in [0.2, 0.25) is 23.6 Å². The van der Waals surface area contributed by atoms with Crippen molar-refractivity contribution in [2.75, 3.05) is 20.6 Å². The van der Waals surface area contributed by atoms with Crippen molar-refractivity contribution >= 4 is 41.5 Å². The summed E-state index contributed by atoms with van der Waals surface area (Å²) in [6, 6.07) is 4.96. The van der Waals surface area contributed by atoms with Gasteiger partial charge in [0.25, 0.3) is 5.91 Å². The monoisotopic (exact) mass is 864 g/mol. The van der Waals surface area contributed by atoms with E-state index in [0.29, 0.717) is 23.1 Å². The Morgan fingerprint density at radius 3 is 2.15 bits per heavy atom. The van der Waals surface area contributed by atoms with Crippen molar-refractivity contribution in [3.63, 3.8) is 0 Å². The van der Waals surface area contributed by atoms with Crippen LogP contribution in [0.5, 0.6) is 0 Å². The summed E-state index contributed by atoms with van der Waals surface area (Å²) in [5.74, 6) is -6.19. The Hall–Kier alpha value is -5.56. The number of nitrogens with zero attached hydrogens (tertiary/aromatic N) is 3. The summed E-state index contributed by atoms with van der Waals surface area (Å²) in [6.45, 7) is 17.8. The molecule has 2 unspecified atom stereocenters. The molecule has 342 valence electrons. The molecule has 0 spiro atoms. The lowest BCUT2D eigenvalue weighted by molar-refractivity contribution is -0.159. The summed E-state index contributed by atoms with van der Waals surface area (Å²) in [4.78, 5) is 98.9. The number of ether oxygens (including phenoxy) is 2. The van der Waals surface area contributed by atoms with E-state index in [0.717, 1.165) is 4.90 Å². The summed E-state index contributed by atoms with van der Waals surface area (Å²) >= 11 is 0. The third-order valence-corrected chi connectivity index (χ3v) is 11.3. The number of carbonyl (C=O) groups excluding carboxylic acids is 7. The third kappa shape index (κ3) is 14.8. The van der Waals surface area contributed by atoms with Gasteiger partial charge >= 0.3 is 11.9 Å². The first-order chi connectivity index (χ1) is 28.9.